The van der Waals surface area contributed by atoms with Gasteiger partial charge in [0.05, 0.1) is 24.8 Å². The zero-order valence-electron chi connectivity index (χ0n) is 27.3. The van der Waals surface area contributed by atoms with Crippen LogP contribution in [0.4, 0.5) is 0 Å². The highest BCUT2D eigenvalue weighted by atomic mass is 15.5. The molecule has 0 radical (unpaired) electrons. The Hall–Kier alpha value is -2.28. The van der Waals surface area contributed by atoms with Gasteiger partial charge in [0.25, 0.3) is 0 Å². The Labute approximate surface area is 260 Å². The van der Waals surface area contributed by atoms with Crippen LogP contribution in [0, 0.1) is 40.4 Å². The van der Waals surface area contributed by atoms with Gasteiger partial charge in [-0.05, 0) is 91.9 Å². The van der Waals surface area contributed by atoms with E-state index in [-0.39, 0.29) is 6.17 Å². The van der Waals surface area contributed by atoms with Gasteiger partial charge in [0.1, 0.15) is 0 Å². The summed E-state index contributed by atoms with van der Waals surface area (Å²) in [5.41, 5.74) is 8.30. The fraction of sp³-hybridized carbons (Fsp3) is 0.778. The van der Waals surface area contributed by atoms with Crippen molar-refractivity contribution in [1.29, 1.82) is 5.41 Å². The maximum Gasteiger partial charge on any atom is 0.195 e. The summed E-state index contributed by atoms with van der Waals surface area (Å²) in [6, 6.07) is 12.3. The molecule has 8 rings (SSSR count). The highest BCUT2D eigenvalue weighted by Gasteiger charge is 2.54. The predicted molar refractivity (Wildman–Crippen MR) is 176 cm³/mol. The van der Waals surface area contributed by atoms with Crippen LogP contribution in [0.1, 0.15) is 84.6 Å². The lowest BCUT2D eigenvalue weighted by atomic mass is 9.49. The highest BCUT2D eigenvalue weighted by molar-refractivity contribution is 5.81. The first-order chi connectivity index (χ1) is 20.7. The third-order valence-corrected chi connectivity index (χ3v) is 12.5. The highest BCUT2D eigenvalue weighted by Crippen LogP contribution is 2.60. The Bertz CT molecular complexity index is 1140. The molecule has 7 aliphatic rings. The topological polar surface area (TPSA) is 75.2 Å². The van der Waals surface area contributed by atoms with E-state index in [4.69, 9.17) is 5.73 Å². The Morgan fingerprint density at radius 3 is 2.21 bits per heavy atom. The molecule has 43 heavy (non-hydrogen) atoms. The van der Waals surface area contributed by atoms with E-state index in [1.807, 2.05) is 0 Å². The minimum atomic E-state index is 0.184. The molecule has 6 fully saturated rings. The van der Waals surface area contributed by atoms with Gasteiger partial charge in [0.15, 0.2) is 11.9 Å². The van der Waals surface area contributed by atoms with E-state index >= 15 is 0 Å². The molecule has 0 amide bonds. The molecule has 2 saturated heterocycles. The lowest BCUT2D eigenvalue weighted by Gasteiger charge is -2.58. The molecule has 236 valence electrons. The van der Waals surface area contributed by atoms with Crippen LogP contribution in [-0.2, 0) is 6.42 Å². The van der Waals surface area contributed by atoms with Crippen molar-refractivity contribution < 1.29 is 0 Å². The van der Waals surface area contributed by atoms with Crippen LogP contribution in [0.5, 0.6) is 0 Å². The van der Waals surface area contributed by atoms with Gasteiger partial charge in [0, 0.05) is 38.6 Å². The summed E-state index contributed by atoms with van der Waals surface area (Å²) < 4.78 is 0. The van der Waals surface area contributed by atoms with Gasteiger partial charge in [0.2, 0.25) is 0 Å². The number of benzene rings is 1. The van der Waals surface area contributed by atoms with Crippen molar-refractivity contribution in [3.63, 3.8) is 0 Å². The Balaban J connectivity index is 1.16. The van der Waals surface area contributed by atoms with E-state index in [9.17, 15) is 5.41 Å². The summed E-state index contributed by atoms with van der Waals surface area (Å²) in [6.07, 6.45) is 12.2. The number of nitrogens with two attached hydrogens (primary N) is 1. The van der Waals surface area contributed by atoms with E-state index < -0.39 is 0 Å². The van der Waals surface area contributed by atoms with E-state index in [1.165, 1.54) is 56.9 Å². The maximum absolute atomic E-state index is 9.84. The van der Waals surface area contributed by atoms with Crippen molar-refractivity contribution in [2.45, 2.75) is 110 Å². The fourth-order valence-electron chi connectivity index (χ4n) is 10.8. The molecular formula is C36H57N7. The molecule has 7 heteroatoms. The van der Waals surface area contributed by atoms with Crippen molar-refractivity contribution in [2.75, 3.05) is 32.7 Å². The summed E-state index contributed by atoms with van der Waals surface area (Å²) in [4.78, 5) is 15.0. The summed E-state index contributed by atoms with van der Waals surface area (Å²) >= 11 is 0. The zero-order chi connectivity index (χ0) is 29.9. The molecule has 0 unspecified atom stereocenters. The summed E-state index contributed by atoms with van der Waals surface area (Å²) in [5, 5.41) is 9.84. The molecule has 1 aromatic carbocycles. The number of aliphatic imine (C=N–C) groups is 1. The lowest BCUT2D eigenvalue weighted by Crippen LogP contribution is -2.57. The number of hydrogen-bond donors (Lipinski definition) is 2. The molecule has 3 aliphatic heterocycles. The van der Waals surface area contributed by atoms with Gasteiger partial charge in [-0.2, -0.15) is 0 Å². The van der Waals surface area contributed by atoms with Crippen LogP contribution in [0.3, 0.4) is 0 Å². The molecule has 7 nitrogen and oxygen atoms in total. The quantitative estimate of drug-likeness (QED) is 0.380. The van der Waals surface area contributed by atoms with Crippen LogP contribution >= 0.6 is 0 Å². The molecule has 1 aromatic rings. The number of nitrogens with one attached hydrogen (secondary N) is 1. The minimum Gasteiger partial charge on any atom is -0.370 e. The van der Waals surface area contributed by atoms with E-state index in [0.717, 1.165) is 68.8 Å². The van der Waals surface area contributed by atoms with Crippen molar-refractivity contribution in [3.8, 4) is 0 Å². The second-order valence-electron chi connectivity index (χ2n) is 16.2. The molecule has 0 aromatic heterocycles. The van der Waals surface area contributed by atoms with Crippen molar-refractivity contribution in [1.82, 2.24) is 19.6 Å². The molecule has 4 aliphatic carbocycles. The molecule has 3 heterocycles. The third-order valence-electron chi connectivity index (χ3n) is 12.5. The normalized spacial score (nSPS) is 36.6. The molecule has 3 N–H and O–H groups in total. The number of guanidine groups is 2. The van der Waals surface area contributed by atoms with Gasteiger partial charge < -0.3 is 20.4 Å². The SMILES string of the molecule is CC(C)[C@@H]1CN([C@H](Cc2ccccc2)N2CCC[C@H]2CN2C(N)=NC[C@H]2C(C)C)C(=N)N1CC12CC3CC(CC(C3)C1)C2. The predicted octanol–water partition coefficient (Wildman–Crippen LogP) is 5.47. The Kier molecular flexibility index (Phi) is 7.92. The fourth-order valence-corrected chi connectivity index (χ4v) is 10.8. The first-order valence-corrected chi connectivity index (χ1v) is 17.7. The van der Waals surface area contributed by atoms with Crippen molar-refractivity contribution in [2.24, 2.45) is 45.7 Å². The van der Waals surface area contributed by atoms with Crippen LogP contribution in [0.15, 0.2) is 35.3 Å². The van der Waals surface area contributed by atoms with Crippen LogP contribution in [-0.4, -0.2) is 88.5 Å². The molecule has 4 bridgehead atoms. The first kappa shape index (κ1) is 29.4. The number of likely N-dealkylation sites (tertiary alicyclic amines) is 1. The largest absolute Gasteiger partial charge is 0.370 e. The monoisotopic (exact) mass is 587 g/mol. The van der Waals surface area contributed by atoms with Crippen molar-refractivity contribution >= 4 is 11.9 Å². The van der Waals surface area contributed by atoms with Gasteiger partial charge in [-0.3, -0.25) is 15.3 Å². The second-order valence-corrected chi connectivity index (χ2v) is 16.2. The van der Waals surface area contributed by atoms with Crippen LogP contribution in [0.2, 0.25) is 0 Å². The standard InChI is InChI=1S/C36H57N7/c1-24(2)31-20-39-34(37)41(31)21-30-11-8-12-40(30)33(16-26-9-6-5-7-10-26)42-22-32(25(3)4)43(35(42)38)23-36-17-27-13-28(18-36)15-29(14-27)19-36/h5-7,9-10,24-25,27-33,38H,8,11-23H2,1-4H3,(H2,37,39)/t27?,28?,29?,30-,31-,32-,33+,36?/m0/s1. The van der Waals surface area contributed by atoms with Crippen LogP contribution in [0.25, 0.3) is 0 Å². The molecular weight excluding hydrogens is 530 g/mol. The Morgan fingerprint density at radius 2 is 1.58 bits per heavy atom. The molecule has 0 spiro atoms. The van der Waals surface area contributed by atoms with Gasteiger partial charge in [-0.15, -0.1) is 0 Å². The van der Waals surface area contributed by atoms with Gasteiger partial charge in [-0.1, -0.05) is 58.0 Å². The van der Waals surface area contributed by atoms with Gasteiger partial charge >= 0.3 is 0 Å². The number of hydrogen-bond acceptors (Lipinski definition) is 5. The van der Waals surface area contributed by atoms with E-state index in [1.54, 1.807) is 0 Å². The van der Waals surface area contributed by atoms with Crippen LogP contribution < -0.4 is 5.73 Å². The summed E-state index contributed by atoms with van der Waals surface area (Å²) in [7, 11) is 0. The molecule has 4 saturated carbocycles. The van der Waals surface area contributed by atoms with E-state index in [2.05, 4.69) is 82.6 Å². The smallest absolute Gasteiger partial charge is 0.195 e. The lowest BCUT2D eigenvalue weighted by molar-refractivity contribution is -0.0648. The maximum atomic E-state index is 9.84. The summed E-state index contributed by atoms with van der Waals surface area (Å²) in [6.45, 7) is 14.3. The van der Waals surface area contributed by atoms with Gasteiger partial charge in [-0.25, -0.2) is 0 Å². The third kappa shape index (κ3) is 5.57. The zero-order valence-corrected chi connectivity index (χ0v) is 27.3. The number of nitrogens with zero attached hydrogens (tertiary/aromatic N) is 5. The average molecular weight is 588 g/mol. The average Bonchev–Trinajstić information content (AvgIpc) is 3.65. The summed E-state index contributed by atoms with van der Waals surface area (Å²) in [5.74, 6) is 5.41. The second kappa shape index (κ2) is 11.6. The first-order valence-electron chi connectivity index (χ1n) is 17.7. The Morgan fingerprint density at radius 1 is 0.930 bits per heavy atom. The van der Waals surface area contributed by atoms with Crippen molar-refractivity contribution in [3.05, 3.63) is 35.9 Å². The molecule has 4 atom stereocenters. The minimum absolute atomic E-state index is 0.184. The number of rotatable bonds is 10. The van der Waals surface area contributed by atoms with E-state index in [0.29, 0.717) is 35.4 Å².